The highest BCUT2D eigenvalue weighted by Gasteiger charge is 2.30. The minimum absolute atomic E-state index is 0.222. The van der Waals surface area contributed by atoms with Crippen molar-refractivity contribution in [3.05, 3.63) is 45.9 Å². The third-order valence-corrected chi connectivity index (χ3v) is 3.59. The molecule has 0 radical (unpaired) electrons. The molecule has 1 heterocycles. The summed E-state index contributed by atoms with van der Waals surface area (Å²) in [5.41, 5.74) is -0.701. The van der Waals surface area contributed by atoms with E-state index in [1.807, 2.05) is 6.92 Å². The maximum absolute atomic E-state index is 12.5. The summed E-state index contributed by atoms with van der Waals surface area (Å²) in [5.74, 6) is 0.222. The van der Waals surface area contributed by atoms with E-state index < -0.39 is 11.7 Å². The fraction of sp³-hybridized carbons (Fsp3) is 0.357. The monoisotopic (exact) mass is 316 g/mol. The molecule has 0 spiro atoms. The van der Waals surface area contributed by atoms with Crippen LogP contribution in [-0.2, 0) is 12.7 Å². The Kier molecular flexibility index (Phi) is 5.19. The molecule has 2 rings (SSSR count). The summed E-state index contributed by atoms with van der Waals surface area (Å²) in [4.78, 5) is 5.25. The lowest BCUT2D eigenvalue weighted by Crippen LogP contribution is -2.20. The lowest BCUT2D eigenvalue weighted by Gasteiger charge is -2.10. The van der Waals surface area contributed by atoms with Gasteiger partial charge >= 0.3 is 6.18 Å². The highest BCUT2D eigenvalue weighted by atomic mass is 32.1. The Balaban J connectivity index is 1.73. The molecule has 0 atom stereocenters. The summed E-state index contributed by atoms with van der Waals surface area (Å²) in [6.45, 7) is 3.47. The number of rotatable bonds is 6. The van der Waals surface area contributed by atoms with E-state index in [-0.39, 0.29) is 5.75 Å². The van der Waals surface area contributed by atoms with Crippen molar-refractivity contribution in [2.45, 2.75) is 19.6 Å². The molecule has 0 aliphatic carbocycles. The van der Waals surface area contributed by atoms with Gasteiger partial charge in [0.2, 0.25) is 0 Å². The van der Waals surface area contributed by atoms with Gasteiger partial charge in [0, 0.05) is 24.2 Å². The quantitative estimate of drug-likeness (QED) is 0.826. The fourth-order valence-corrected chi connectivity index (χ4v) is 2.47. The minimum atomic E-state index is -4.35. The van der Waals surface area contributed by atoms with Crippen molar-refractivity contribution in [1.29, 1.82) is 0 Å². The molecule has 0 unspecified atom stereocenters. The highest BCUT2D eigenvalue weighted by molar-refractivity contribution is 7.11. The van der Waals surface area contributed by atoms with E-state index in [4.69, 9.17) is 4.74 Å². The van der Waals surface area contributed by atoms with Crippen molar-refractivity contribution in [3.63, 3.8) is 0 Å². The molecule has 7 heteroatoms. The Bertz CT molecular complexity index is 584. The molecule has 0 saturated heterocycles. The SMILES string of the molecule is Cc1ncc(CNCCOc2cccc(C(F)(F)F)c2)s1. The normalized spacial score (nSPS) is 11.6. The summed E-state index contributed by atoms with van der Waals surface area (Å²) in [7, 11) is 0. The summed E-state index contributed by atoms with van der Waals surface area (Å²) in [6.07, 6.45) is -2.54. The van der Waals surface area contributed by atoms with Gasteiger partial charge in [-0.15, -0.1) is 11.3 Å². The second-order valence-corrected chi connectivity index (χ2v) is 5.72. The number of aromatic nitrogens is 1. The van der Waals surface area contributed by atoms with Gasteiger partial charge in [0.05, 0.1) is 10.6 Å². The van der Waals surface area contributed by atoms with Crippen LogP contribution in [0.2, 0.25) is 0 Å². The Morgan fingerprint density at radius 2 is 2.14 bits per heavy atom. The number of nitrogens with zero attached hydrogens (tertiary/aromatic N) is 1. The van der Waals surface area contributed by atoms with E-state index in [0.29, 0.717) is 19.7 Å². The van der Waals surface area contributed by atoms with Gasteiger partial charge in [-0.1, -0.05) is 6.07 Å². The second-order valence-electron chi connectivity index (χ2n) is 4.40. The molecule has 1 aromatic heterocycles. The number of hydrogen-bond donors (Lipinski definition) is 1. The number of alkyl halides is 3. The van der Waals surface area contributed by atoms with Crippen LogP contribution in [0.25, 0.3) is 0 Å². The molecule has 0 aliphatic heterocycles. The summed E-state index contributed by atoms with van der Waals surface area (Å²) in [6, 6.07) is 4.89. The molecule has 0 aliphatic rings. The molecular formula is C14H15F3N2OS. The van der Waals surface area contributed by atoms with Crippen molar-refractivity contribution in [2.24, 2.45) is 0 Å². The van der Waals surface area contributed by atoms with E-state index >= 15 is 0 Å². The van der Waals surface area contributed by atoms with Crippen molar-refractivity contribution in [3.8, 4) is 5.75 Å². The predicted octanol–water partition coefficient (Wildman–Crippen LogP) is 3.64. The van der Waals surface area contributed by atoms with Crippen LogP contribution in [0.4, 0.5) is 13.2 Å². The van der Waals surface area contributed by atoms with Gasteiger partial charge in [-0.3, -0.25) is 0 Å². The van der Waals surface area contributed by atoms with E-state index in [1.54, 1.807) is 17.5 Å². The zero-order valence-corrected chi connectivity index (χ0v) is 12.2. The third-order valence-electron chi connectivity index (χ3n) is 2.68. The zero-order chi connectivity index (χ0) is 15.3. The Hall–Kier alpha value is -1.60. The number of nitrogens with one attached hydrogen (secondary N) is 1. The van der Waals surface area contributed by atoms with Crippen LogP contribution in [0.3, 0.4) is 0 Å². The molecular weight excluding hydrogens is 301 g/mol. The van der Waals surface area contributed by atoms with Crippen LogP contribution in [0.5, 0.6) is 5.75 Å². The Morgan fingerprint density at radius 1 is 1.33 bits per heavy atom. The average molecular weight is 316 g/mol. The number of hydrogen-bond acceptors (Lipinski definition) is 4. The first-order valence-corrected chi connectivity index (χ1v) is 7.19. The number of aryl methyl sites for hydroxylation is 1. The van der Waals surface area contributed by atoms with Crippen molar-refractivity contribution in [1.82, 2.24) is 10.3 Å². The molecule has 21 heavy (non-hydrogen) atoms. The average Bonchev–Trinajstić information content (AvgIpc) is 2.83. The van der Waals surface area contributed by atoms with Crippen LogP contribution in [0, 0.1) is 6.92 Å². The number of halogens is 3. The summed E-state index contributed by atoms with van der Waals surface area (Å²) in [5, 5.41) is 4.16. The Labute approximate surface area is 124 Å². The maximum Gasteiger partial charge on any atom is 0.416 e. The van der Waals surface area contributed by atoms with Gasteiger partial charge in [-0.05, 0) is 25.1 Å². The predicted molar refractivity (Wildman–Crippen MR) is 75.5 cm³/mol. The smallest absolute Gasteiger partial charge is 0.416 e. The highest BCUT2D eigenvalue weighted by Crippen LogP contribution is 2.31. The number of thiazole rings is 1. The van der Waals surface area contributed by atoms with E-state index in [2.05, 4.69) is 10.3 Å². The van der Waals surface area contributed by atoms with Gasteiger partial charge in [0.1, 0.15) is 12.4 Å². The van der Waals surface area contributed by atoms with Gasteiger partial charge in [0.15, 0.2) is 0 Å². The van der Waals surface area contributed by atoms with Gasteiger partial charge in [-0.25, -0.2) is 4.98 Å². The molecule has 2 aromatic rings. The van der Waals surface area contributed by atoms with E-state index in [0.717, 1.165) is 22.0 Å². The minimum Gasteiger partial charge on any atom is -0.492 e. The van der Waals surface area contributed by atoms with Crippen LogP contribution in [-0.4, -0.2) is 18.1 Å². The maximum atomic E-state index is 12.5. The molecule has 0 saturated carbocycles. The zero-order valence-electron chi connectivity index (χ0n) is 11.4. The topological polar surface area (TPSA) is 34.2 Å². The summed E-state index contributed by atoms with van der Waals surface area (Å²) < 4.78 is 42.9. The number of benzene rings is 1. The van der Waals surface area contributed by atoms with Crippen molar-refractivity contribution >= 4 is 11.3 Å². The molecule has 3 nitrogen and oxygen atoms in total. The van der Waals surface area contributed by atoms with Gasteiger partial charge in [-0.2, -0.15) is 13.2 Å². The van der Waals surface area contributed by atoms with Gasteiger partial charge < -0.3 is 10.1 Å². The third kappa shape index (κ3) is 5.02. The molecule has 1 aromatic carbocycles. The molecule has 114 valence electrons. The Morgan fingerprint density at radius 3 is 2.81 bits per heavy atom. The fourth-order valence-electron chi connectivity index (χ4n) is 1.70. The first kappa shape index (κ1) is 15.8. The van der Waals surface area contributed by atoms with Crippen molar-refractivity contribution < 1.29 is 17.9 Å². The first-order chi connectivity index (χ1) is 9.95. The van der Waals surface area contributed by atoms with Gasteiger partial charge in [0.25, 0.3) is 0 Å². The van der Waals surface area contributed by atoms with Crippen molar-refractivity contribution in [2.75, 3.05) is 13.2 Å². The van der Waals surface area contributed by atoms with Crippen LogP contribution in [0.1, 0.15) is 15.4 Å². The molecule has 1 N–H and O–H groups in total. The summed E-state index contributed by atoms with van der Waals surface area (Å²) >= 11 is 1.61. The molecule has 0 fully saturated rings. The lowest BCUT2D eigenvalue weighted by atomic mass is 10.2. The molecule has 0 amide bonds. The van der Waals surface area contributed by atoms with Crippen LogP contribution >= 0.6 is 11.3 Å². The molecule has 0 bridgehead atoms. The lowest BCUT2D eigenvalue weighted by molar-refractivity contribution is -0.137. The van der Waals surface area contributed by atoms with Crippen LogP contribution < -0.4 is 10.1 Å². The van der Waals surface area contributed by atoms with E-state index in [9.17, 15) is 13.2 Å². The second kappa shape index (κ2) is 6.91. The largest absolute Gasteiger partial charge is 0.492 e. The van der Waals surface area contributed by atoms with Crippen LogP contribution in [0.15, 0.2) is 30.5 Å². The van der Waals surface area contributed by atoms with E-state index in [1.165, 1.54) is 12.1 Å². The number of ether oxygens (including phenoxy) is 1. The standard InChI is InChI=1S/C14H15F3N2OS/c1-10-19-9-13(21-10)8-18-5-6-20-12-4-2-3-11(7-12)14(15,16)17/h2-4,7,9,18H,5-6,8H2,1H3. The first-order valence-electron chi connectivity index (χ1n) is 6.37.